The van der Waals surface area contributed by atoms with Gasteiger partial charge in [0, 0.05) is 40.7 Å². The molecular formula is C50H61F3N2O. The lowest BCUT2D eigenvalue weighted by molar-refractivity contribution is -0.0941. The van der Waals surface area contributed by atoms with Gasteiger partial charge in [0.1, 0.15) is 5.75 Å². The zero-order valence-corrected chi connectivity index (χ0v) is 34.6. The van der Waals surface area contributed by atoms with Crippen LogP contribution < -0.4 is 9.64 Å². The van der Waals surface area contributed by atoms with Crippen molar-refractivity contribution in [3.63, 3.8) is 0 Å². The summed E-state index contributed by atoms with van der Waals surface area (Å²) in [6.45, 7) is 22.2. The molecule has 56 heavy (non-hydrogen) atoms. The Labute approximate surface area is 334 Å². The minimum atomic E-state index is -3.63. The monoisotopic (exact) mass is 762 g/mol. The molecule has 3 aliphatic rings. The minimum absolute atomic E-state index is 0.102. The van der Waals surface area contributed by atoms with Crippen LogP contribution in [0.1, 0.15) is 118 Å². The Kier molecular flexibility index (Phi) is 12.9. The minimum Gasteiger partial charge on any atom is -0.486 e. The Morgan fingerprint density at radius 3 is 2.43 bits per heavy atom. The molecule has 3 aromatic carbocycles. The van der Waals surface area contributed by atoms with Crippen molar-refractivity contribution in [2.45, 2.75) is 124 Å². The van der Waals surface area contributed by atoms with E-state index in [1.54, 1.807) is 12.1 Å². The molecule has 6 heteroatoms. The number of nitrogens with zero attached hydrogens (tertiary/aromatic N) is 2. The third-order valence-electron chi connectivity index (χ3n) is 12.2. The first-order chi connectivity index (χ1) is 26.8. The summed E-state index contributed by atoms with van der Waals surface area (Å²) in [5.41, 5.74) is 13.0. The van der Waals surface area contributed by atoms with Crippen molar-refractivity contribution in [1.29, 1.82) is 0 Å². The number of aliphatic imine (C=N–C) groups is 1. The molecule has 1 aliphatic heterocycles. The van der Waals surface area contributed by atoms with Gasteiger partial charge >= 0.3 is 5.92 Å². The van der Waals surface area contributed by atoms with Crippen molar-refractivity contribution >= 4 is 17.0 Å². The predicted octanol–water partition coefficient (Wildman–Crippen LogP) is 13.3. The molecule has 0 N–H and O–H groups in total. The largest absolute Gasteiger partial charge is 0.486 e. The molecular weight excluding hydrogens is 702 g/mol. The number of halogens is 3. The van der Waals surface area contributed by atoms with E-state index in [2.05, 4.69) is 94.7 Å². The number of hydrogen-bond donors (Lipinski definition) is 0. The van der Waals surface area contributed by atoms with Crippen LogP contribution in [0.3, 0.4) is 0 Å². The lowest BCUT2D eigenvalue weighted by Crippen LogP contribution is -2.50. The molecule has 6 rings (SSSR count). The molecule has 0 spiro atoms. The fourth-order valence-corrected chi connectivity index (χ4v) is 9.58. The van der Waals surface area contributed by atoms with Gasteiger partial charge in [0.2, 0.25) is 0 Å². The number of ether oxygens (including phenoxy) is 1. The Morgan fingerprint density at radius 2 is 1.75 bits per heavy atom. The van der Waals surface area contributed by atoms with Crippen molar-refractivity contribution in [3.05, 3.63) is 136 Å². The lowest BCUT2D eigenvalue weighted by atomic mass is 9.64. The quantitative estimate of drug-likeness (QED) is 0.0825. The zero-order valence-electron chi connectivity index (χ0n) is 34.6. The highest BCUT2D eigenvalue weighted by atomic mass is 19.3. The molecule has 0 radical (unpaired) electrons. The van der Waals surface area contributed by atoms with E-state index in [0.717, 1.165) is 49.3 Å². The van der Waals surface area contributed by atoms with Gasteiger partial charge < -0.3 is 9.64 Å². The molecule has 0 saturated heterocycles. The number of fused-ring (bicyclic) bond motifs is 5. The fourth-order valence-electron chi connectivity index (χ4n) is 9.58. The van der Waals surface area contributed by atoms with E-state index in [4.69, 9.17) is 16.3 Å². The van der Waals surface area contributed by atoms with E-state index in [1.807, 2.05) is 19.1 Å². The maximum atomic E-state index is 14.5. The molecule has 0 fully saturated rings. The molecule has 3 nitrogen and oxygen atoms in total. The first-order valence-corrected chi connectivity index (χ1v) is 20.8. The molecule has 6 unspecified atom stereocenters. The van der Waals surface area contributed by atoms with E-state index in [-0.39, 0.29) is 17.7 Å². The Morgan fingerprint density at radius 1 is 1.02 bits per heavy atom. The normalized spacial score (nSPS) is 21.5. The van der Waals surface area contributed by atoms with Gasteiger partial charge in [-0.3, -0.25) is 4.99 Å². The van der Waals surface area contributed by atoms with Gasteiger partial charge in [0.15, 0.2) is 12.8 Å². The molecule has 0 bridgehead atoms. The van der Waals surface area contributed by atoms with Crippen LogP contribution in [0.2, 0.25) is 0 Å². The van der Waals surface area contributed by atoms with Gasteiger partial charge in [-0.05, 0) is 124 Å². The average molecular weight is 763 g/mol. The van der Waals surface area contributed by atoms with Crippen LogP contribution in [0.4, 0.5) is 18.9 Å². The number of hydrogen-bond acceptors (Lipinski definition) is 3. The van der Waals surface area contributed by atoms with Gasteiger partial charge in [-0.25, -0.2) is 4.39 Å². The highest BCUT2D eigenvalue weighted by Crippen LogP contribution is 2.56. The Hall–Kier alpha value is -4.32. The molecule has 1 heterocycles. The molecule has 3 aromatic rings. The van der Waals surface area contributed by atoms with Crippen molar-refractivity contribution in [2.24, 2.45) is 16.8 Å². The highest BCUT2D eigenvalue weighted by Gasteiger charge is 2.50. The van der Waals surface area contributed by atoms with Gasteiger partial charge in [0.05, 0.1) is 12.3 Å². The summed E-state index contributed by atoms with van der Waals surface area (Å²) in [5.74, 6) is -2.61. The fraction of sp³-hybridized carbons (Fsp3) is 0.460. The second-order valence-electron chi connectivity index (χ2n) is 16.6. The summed E-state index contributed by atoms with van der Waals surface area (Å²) in [6, 6.07) is 19.0. The standard InChI is InChI=1S/C50H61F3N2O/c1-10-12-13-18-38(11-2)55-45-24-23-37(48(54-29-31(3)4)41-21-16-17-22-46(41)56-30-50(52,53)36(9)51)27-43(45)44-28-42(39-19-14-15-20-40(39)49(44)55)35(8)47-33(6)25-32(5)26-34(47)7/h15-17,20-28,36,38-40,44,49H,3,8,10-14,18-19,29-30H2,1-2,4-7,9H3. The summed E-state index contributed by atoms with van der Waals surface area (Å²) in [5, 5.41) is 0. The van der Waals surface area contributed by atoms with Gasteiger partial charge in [-0.2, -0.15) is 8.78 Å². The highest BCUT2D eigenvalue weighted by molar-refractivity contribution is 6.15. The van der Waals surface area contributed by atoms with Crippen LogP contribution in [0.25, 0.3) is 5.57 Å². The molecule has 0 aromatic heterocycles. The van der Waals surface area contributed by atoms with Crippen molar-refractivity contribution < 1.29 is 17.9 Å². The number of para-hydroxylation sites is 1. The van der Waals surface area contributed by atoms with Crippen molar-refractivity contribution in [3.8, 4) is 5.75 Å². The lowest BCUT2D eigenvalue weighted by Gasteiger charge is -2.47. The average Bonchev–Trinajstić information content (AvgIpc) is 3.49. The van der Waals surface area contributed by atoms with Crippen molar-refractivity contribution in [1.82, 2.24) is 0 Å². The van der Waals surface area contributed by atoms with Crippen LogP contribution in [-0.2, 0) is 0 Å². The third kappa shape index (κ3) is 8.36. The van der Waals surface area contributed by atoms with E-state index >= 15 is 0 Å². The van der Waals surface area contributed by atoms with Crippen LogP contribution in [0.5, 0.6) is 5.75 Å². The summed E-state index contributed by atoms with van der Waals surface area (Å²) in [7, 11) is 0. The predicted molar refractivity (Wildman–Crippen MR) is 230 cm³/mol. The summed E-state index contributed by atoms with van der Waals surface area (Å²) < 4.78 is 48.5. The zero-order chi connectivity index (χ0) is 40.3. The first-order valence-electron chi connectivity index (χ1n) is 20.8. The molecule has 2 aliphatic carbocycles. The van der Waals surface area contributed by atoms with E-state index in [0.29, 0.717) is 35.7 Å². The molecule has 6 atom stereocenters. The SMILES string of the molecule is C=C(C)CN=C(c1ccc2c(c1)C1C=C(C(=C)c3c(C)cc(C)cc3C)C3CCC=CC3C1N2C(CC)CCCCC)c1ccccc1OCC(F)(F)C(C)F. The second-order valence-corrected chi connectivity index (χ2v) is 16.6. The Bertz CT molecular complexity index is 2000. The van der Waals surface area contributed by atoms with E-state index in [1.165, 1.54) is 58.3 Å². The second kappa shape index (κ2) is 17.4. The van der Waals surface area contributed by atoms with Crippen LogP contribution in [0, 0.1) is 32.6 Å². The van der Waals surface area contributed by atoms with Crippen LogP contribution in [-0.4, -0.2) is 43.0 Å². The van der Waals surface area contributed by atoms with Gasteiger partial charge in [-0.15, -0.1) is 0 Å². The van der Waals surface area contributed by atoms with Crippen LogP contribution in [0.15, 0.2) is 102 Å². The topological polar surface area (TPSA) is 24.8 Å². The van der Waals surface area contributed by atoms with Gasteiger partial charge in [0.25, 0.3) is 0 Å². The first kappa shape index (κ1) is 41.3. The van der Waals surface area contributed by atoms with E-state index < -0.39 is 18.7 Å². The van der Waals surface area contributed by atoms with Gasteiger partial charge in [-0.1, -0.05) is 106 Å². The number of rotatable bonds is 16. The number of allylic oxidation sites excluding steroid dienone is 3. The van der Waals surface area contributed by atoms with E-state index in [9.17, 15) is 13.2 Å². The molecule has 298 valence electrons. The third-order valence-corrected chi connectivity index (χ3v) is 12.2. The summed E-state index contributed by atoms with van der Waals surface area (Å²) in [4.78, 5) is 7.82. The number of benzene rings is 3. The Balaban J connectivity index is 1.52. The maximum absolute atomic E-state index is 14.5. The summed E-state index contributed by atoms with van der Waals surface area (Å²) in [6.07, 6.45) is 13.0. The maximum Gasteiger partial charge on any atom is 0.311 e. The molecule has 0 amide bonds. The smallest absolute Gasteiger partial charge is 0.311 e. The van der Waals surface area contributed by atoms with Crippen LogP contribution >= 0.6 is 0 Å². The number of unbranched alkanes of at least 4 members (excludes halogenated alkanes) is 2. The number of alkyl halides is 3. The van der Waals surface area contributed by atoms with Crippen molar-refractivity contribution in [2.75, 3.05) is 18.1 Å². The summed E-state index contributed by atoms with van der Waals surface area (Å²) >= 11 is 0. The molecule has 0 saturated carbocycles. The number of aryl methyl sites for hydroxylation is 3. The number of anilines is 1.